The molecule has 1 rings (SSSR count). The molecule has 0 bridgehead atoms. The second-order valence-electron chi connectivity index (χ2n) is 3.21. The summed E-state index contributed by atoms with van der Waals surface area (Å²) in [5.74, 6) is 0. The maximum Gasteiger partial charge on any atom is 0.0432 e. The van der Waals surface area contributed by atoms with Crippen molar-refractivity contribution in [1.82, 2.24) is 5.32 Å². The molecule has 82 valence electrons. The zero-order valence-electron chi connectivity index (χ0n) is 8.31. The van der Waals surface area contributed by atoms with Crippen molar-refractivity contribution < 1.29 is 0 Å². The maximum absolute atomic E-state index is 5.80. The van der Waals surface area contributed by atoms with Crippen molar-refractivity contribution in [2.24, 2.45) is 0 Å². The van der Waals surface area contributed by atoms with E-state index in [0.717, 1.165) is 5.02 Å². The van der Waals surface area contributed by atoms with Gasteiger partial charge in [-0.25, -0.2) is 0 Å². The summed E-state index contributed by atoms with van der Waals surface area (Å²) in [6.45, 7) is 2.62. The lowest BCUT2D eigenvalue weighted by atomic mass is 10.1. The Morgan fingerprint density at radius 2 is 2.00 bits per heavy atom. The number of benzene rings is 1. The Bertz CT molecular complexity index is 332. The lowest BCUT2D eigenvalue weighted by Gasteiger charge is -2.13. The predicted octanol–water partition coefficient (Wildman–Crippen LogP) is 4.31. The maximum atomic E-state index is 5.80. The summed E-state index contributed by atoms with van der Waals surface area (Å²) in [6, 6.07) is 7.92. The molecule has 4 heteroatoms. The largest absolute Gasteiger partial charge is 0.305 e. The minimum absolute atomic E-state index is 0.215. The number of hydrogen-bond acceptors (Lipinski definition) is 1. The second kappa shape index (κ2) is 6.39. The fraction of sp³-hybridized carbons (Fsp3) is 0.273. The number of hydrogen-bond donors (Lipinski definition) is 1. The summed E-state index contributed by atoms with van der Waals surface area (Å²) in [6.07, 6.45) is 0. The van der Waals surface area contributed by atoms with Crippen molar-refractivity contribution in [2.75, 3.05) is 6.54 Å². The first-order chi connectivity index (χ1) is 7.13. The Hall–Kier alpha value is -0.210. The Balaban J connectivity index is 2.53. The van der Waals surface area contributed by atoms with Crippen molar-refractivity contribution in [2.45, 2.75) is 13.0 Å². The molecule has 0 unspecified atom stereocenters. The van der Waals surface area contributed by atoms with Gasteiger partial charge in [-0.05, 0) is 24.6 Å². The third-order valence-electron chi connectivity index (χ3n) is 2.07. The Morgan fingerprint density at radius 3 is 2.53 bits per heavy atom. The van der Waals surface area contributed by atoms with Gasteiger partial charge in [0.2, 0.25) is 0 Å². The fourth-order valence-electron chi connectivity index (χ4n) is 1.16. The molecule has 0 saturated carbocycles. The number of rotatable bonds is 4. The molecule has 15 heavy (non-hydrogen) atoms. The summed E-state index contributed by atoms with van der Waals surface area (Å²) in [5, 5.41) is 4.58. The van der Waals surface area contributed by atoms with Gasteiger partial charge in [-0.15, -0.1) is 0 Å². The van der Waals surface area contributed by atoms with Crippen molar-refractivity contribution in [1.29, 1.82) is 0 Å². The highest BCUT2D eigenvalue weighted by Crippen LogP contribution is 2.16. The van der Waals surface area contributed by atoms with Crippen molar-refractivity contribution in [3.63, 3.8) is 0 Å². The van der Waals surface area contributed by atoms with Crippen molar-refractivity contribution >= 4 is 34.8 Å². The van der Waals surface area contributed by atoms with Crippen LogP contribution in [0.5, 0.6) is 0 Å². The van der Waals surface area contributed by atoms with Crippen LogP contribution in [0.2, 0.25) is 5.02 Å². The zero-order valence-corrected chi connectivity index (χ0v) is 10.6. The van der Waals surface area contributed by atoms with Gasteiger partial charge in [0, 0.05) is 28.2 Å². The summed E-state index contributed by atoms with van der Waals surface area (Å²) in [4.78, 5) is 0. The van der Waals surface area contributed by atoms with Gasteiger partial charge in [-0.1, -0.05) is 46.9 Å². The highest BCUT2D eigenvalue weighted by molar-refractivity contribution is 6.36. The molecular weight excluding hydrogens is 252 g/mol. The van der Waals surface area contributed by atoms with E-state index < -0.39 is 0 Å². The smallest absolute Gasteiger partial charge is 0.0432 e. The average molecular weight is 265 g/mol. The lowest BCUT2D eigenvalue weighted by Crippen LogP contribution is -2.19. The molecule has 0 aliphatic carbocycles. The SMILES string of the molecule is C[C@H](NC/C(Cl)=C/Cl)c1ccc(Cl)cc1. The van der Waals surface area contributed by atoms with E-state index in [9.17, 15) is 0 Å². The molecule has 1 N–H and O–H groups in total. The van der Waals surface area contributed by atoms with Crippen LogP contribution in [0.4, 0.5) is 0 Å². The Kier molecular flexibility index (Phi) is 5.48. The molecular formula is C11H12Cl3N. The first-order valence-corrected chi connectivity index (χ1v) is 5.76. The van der Waals surface area contributed by atoms with Crippen LogP contribution in [0.15, 0.2) is 34.8 Å². The first-order valence-electron chi connectivity index (χ1n) is 4.57. The van der Waals surface area contributed by atoms with Crippen LogP contribution >= 0.6 is 34.8 Å². The molecule has 1 nitrogen and oxygen atoms in total. The lowest BCUT2D eigenvalue weighted by molar-refractivity contribution is 0.614. The molecule has 0 radical (unpaired) electrons. The van der Waals surface area contributed by atoms with E-state index in [2.05, 4.69) is 12.2 Å². The monoisotopic (exact) mass is 263 g/mol. The third kappa shape index (κ3) is 4.43. The van der Waals surface area contributed by atoms with E-state index in [1.807, 2.05) is 24.3 Å². The van der Waals surface area contributed by atoms with Crippen LogP contribution in [-0.2, 0) is 0 Å². The van der Waals surface area contributed by atoms with Crippen molar-refractivity contribution in [3.8, 4) is 0 Å². The van der Waals surface area contributed by atoms with Crippen LogP contribution in [0, 0.1) is 0 Å². The van der Waals surface area contributed by atoms with Gasteiger partial charge in [0.1, 0.15) is 0 Å². The van der Waals surface area contributed by atoms with Gasteiger partial charge >= 0.3 is 0 Å². The molecule has 0 amide bonds. The van der Waals surface area contributed by atoms with E-state index in [0.29, 0.717) is 11.6 Å². The van der Waals surface area contributed by atoms with Crippen LogP contribution in [0.25, 0.3) is 0 Å². The molecule has 0 saturated heterocycles. The average Bonchev–Trinajstić information content (AvgIpc) is 2.26. The summed E-state index contributed by atoms with van der Waals surface area (Å²) in [7, 11) is 0. The topological polar surface area (TPSA) is 12.0 Å². The highest BCUT2D eigenvalue weighted by atomic mass is 35.5. The predicted molar refractivity (Wildman–Crippen MR) is 67.7 cm³/mol. The molecule has 0 heterocycles. The van der Waals surface area contributed by atoms with Crippen molar-refractivity contribution in [3.05, 3.63) is 45.4 Å². The summed E-state index contributed by atoms with van der Waals surface area (Å²) >= 11 is 17.0. The quantitative estimate of drug-likeness (QED) is 0.854. The van der Waals surface area contributed by atoms with Crippen LogP contribution in [-0.4, -0.2) is 6.54 Å². The molecule has 0 aliphatic rings. The van der Waals surface area contributed by atoms with Gasteiger partial charge in [0.05, 0.1) is 0 Å². The van der Waals surface area contributed by atoms with E-state index >= 15 is 0 Å². The van der Waals surface area contributed by atoms with Gasteiger partial charge in [-0.2, -0.15) is 0 Å². The van der Waals surface area contributed by atoms with Crippen LogP contribution < -0.4 is 5.32 Å². The Morgan fingerprint density at radius 1 is 1.40 bits per heavy atom. The van der Waals surface area contributed by atoms with Gasteiger partial charge in [-0.3, -0.25) is 0 Å². The molecule has 0 spiro atoms. The molecule has 0 aliphatic heterocycles. The molecule has 0 aromatic heterocycles. The zero-order chi connectivity index (χ0) is 11.3. The number of nitrogens with one attached hydrogen (secondary N) is 1. The van der Waals surface area contributed by atoms with Gasteiger partial charge < -0.3 is 5.32 Å². The second-order valence-corrected chi connectivity index (χ2v) is 4.35. The minimum atomic E-state index is 0.215. The Labute approximate surface area is 105 Å². The van der Waals surface area contributed by atoms with E-state index in [1.54, 1.807) is 0 Å². The number of halogens is 3. The third-order valence-corrected chi connectivity index (χ3v) is 2.94. The highest BCUT2D eigenvalue weighted by Gasteiger charge is 2.04. The summed E-state index contributed by atoms with van der Waals surface area (Å²) < 4.78 is 0. The van der Waals surface area contributed by atoms with Crippen LogP contribution in [0.3, 0.4) is 0 Å². The molecule has 1 aromatic carbocycles. The van der Waals surface area contributed by atoms with E-state index in [-0.39, 0.29) is 6.04 Å². The standard InChI is InChI=1S/C11H12Cl3N/c1-8(15-7-11(14)6-12)9-2-4-10(13)5-3-9/h2-6,8,15H,7H2,1H3/b11-6-/t8-/m0/s1. The molecule has 1 atom stereocenters. The summed E-state index contributed by atoms with van der Waals surface area (Å²) in [5.41, 5.74) is 2.53. The van der Waals surface area contributed by atoms with E-state index in [4.69, 9.17) is 34.8 Å². The fourth-order valence-corrected chi connectivity index (χ4v) is 1.44. The minimum Gasteiger partial charge on any atom is -0.305 e. The molecule has 1 aromatic rings. The molecule has 0 fully saturated rings. The normalized spacial score (nSPS) is 14.0. The van der Waals surface area contributed by atoms with Crippen LogP contribution in [0.1, 0.15) is 18.5 Å². The van der Waals surface area contributed by atoms with Gasteiger partial charge in [0.15, 0.2) is 0 Å². The van der Waals surface area contributed by atoms with E-state index in [1.165, 1.54) is 11.1 Å². The first kappa shape index (κ1) is 12.9. The van der Waals surface area contributed by atoms with Gasteiger partial charge in [0.25, 0.3) is 0 Å².